The first-order chi connectivity index (χ1) is 20.2. The Hall–Kier alpha value is -2.75. The normalized spacial score (nSPS) is 20.6. The molecule has 2 aromatic heterocycles. The maximum absolute atomic E-state index is 14.0. The van der Waals surface area contributed by atoms with Gasteiger partial charge < -0.3 is 24.3 Å². The fourth-order valence-corrected chi connectivity index (χ4v) is 8.72. The summed E-state index contributed by atoms with van der Waals surface area (Å²) in [6.45, 7) is 3.60. The number of halogens is 1. The number of thiazole rings is 1. The molecule has 15 heteroatoms. The molecule has 2 saturated heterocycles. The van der Waals surface area contributed by atoms with E-state index in [2.05, 4.69) is 9.88 Å². The lowest BCUT2D eigenvalue weighted by atomic mass is 10.1. The number of amides is 2. The Bertz CT molecular complexity index is 1620. The SMILES string of the molecule is COn1c(S(=O)(=O)N2CCN(C(=O)c3nc4c(s3)CN(C)CC4)C(CC(=O)N3CCOCC3)C2)cc2ccc(Cl)cc21. The van der Waals surface area contributed by atoms with Crippen LogP contribution in [-0.2, 0) is 32.5 Å². The van der Waals surface area contributed by atoms with E-state index in [1.54, 1.807) is 34.1 Å². The lowest BCUT2D eigenvalue weighted by Gasteiger charge is -2.41. The zero-order valence-electron chi connectivity index (χ0n) is 23.5. The average molecular weight is 637 g/mol. The monoisotopic (exact) mass is 636 g/mol. The van der Waals surface area contributed by atoms with Gasteiger partial charge in [0.05, 0.1) is 30.5 Å². The molecule has 3 aromatic rings. The second-order valence-electron chi connectivity index (χ2n) is 10.8. The Balaban J connectivity index is 1.30. The summed E-state index contributed by atoms with van der Waals surface area (Å²) < 4.78 is 36.0. The number of carbonyl (C=O) groups excluding carboxylic acids is 2. The highest BCUT2D eigenvalue weighted by molar-refractivity contribution is 7.89. The predicted molar refractivity (Wildman–Crippen MR) is 157 cm³/mol. The van der Waals surface area contributed by atoms with Gasteiger partial charge in [0.1, 0.15) is 7.11 Å². The van der Waals surface area contributed by atoms with E-state index in [9.17, 15) is 18.0 Å². The van der Waals surface area contributed by atoms with Crippen LogP contribution in [0.1, 0.15) is 26.8 Å². The van der Waals surface area contributed by atoms with Crippen LogP contribution >= 0.6 is 22.9 Å². The van der Waals surface area contributed by atoms with Crippen LogP contribution in [-0.4, -0.2) is 122 Å². The number of carbonyl (C=O) groups is 2. The lowest BCUT2D eigenvalue weighted by molar-refractivity contribution is -0.136. The Kier molecular flexibility index (Phi) is 8.19. The molecule has 0 radical (unpaired) electrons. The lowest BCUT2D eigenvalue weighted by Crippen LogP contribution is -2.58. The zero-order valence-corrected chi connectivity index (χ0v) is 25.9. The molecule has 3 aliphatic heterocycles. The molecule has 3 aliphatic rings. The molecule has 1 atom stereocenters. The number of nitrogens with zero attached hydrogens (tertiary/aromatic N) is 6. The molecule has 226 valence electrons. The fourth-order valence-electron chi connectivity index (χ4n) is 5.79. The number of hydrogen-bond donors (Lipinski definition) is 0. The van der Waals surface area contributed by atoms with E-state index in [4.69, 9.17) is 21.2 Å². The van der Waals surface area contributed by atoms with E-state index in [0.29, 0.717) is 47.2 Å². The van der Waals surface area contributed by atoms with Gasteiger partial charge in [-0.2, -0.15) is 9.04 Å². The largest absolute Gasteiger partial charge is 0.416 e. The molecule has 0 saturated carbocycles. The number of aromatic nitrogens is 2. The molecule has 1 aromatic carbocycles. The van der Waals surface area contributed by atoms with Crippen molar-refractivity contribution in [2.75, 3.05) is 66.6 Å². The number of benzene rings is 1. The molecule has 5 heterocycles. The molecule has 0 aliphatic carbocycles. The van der Waals surface area contributed by atoms with Gasteiger partial charge in [0.2, 0.25) is 5.91 Å². The summed E-state index contributed by atoms with van der Waals surface area (Å²) in [5.41, 5.74) is 1.46. The van der Waals surface area contributed by atoms with Gasteiger partial charge in [0.15, 0.2) is 10.0 Å². The number of hydrogen-bond acceptors (Lipinski definition) is 9. The number of rotatable bonds is 6. The van der Waals surface area contributed by atoms with Crippen LogP contribution in [0, 0.1) is 0 Å². The highest BCUT2D eigenvalue weighted by atomic mass is 35.5. The molecule has 12 nitrogen and oxygen atoms in total. The van der Waals surface area contributed by atoms with Crippen LogP contribution in [0.25, 0.3) is 10.9 Å². The van der Waals surface area contributed by atoms with Crippen molar-refractivity contribution in [3.05, 3.63) is 44.9 Å². The van der Waals surface area contributed by atoms with Crippen molar-refractivity contribution in [1.29, 1.82) is 0 Å². The Morgan fingerprint density at radius 3 is 2.69 bits per heavy atom. The van der Waals surface area contributed by atoms with Crippen LogP contribution in [0.3, 0.4) is 0 Å². The van der Waals surface area contributed by atoms with E-state index < -0.39 is 16.1 Å². The summed E-state index contributed by atoms with van der Waals surface area (Å²) in [6, 6.07) is 5.94. The van der Waals surface area contributed by atoms with Gasteiger partial charge >= 0.3 is 0 Å². The van der Waals surface area contributed by atoms with Crippen LogP contribution in [0.15, 0.2) is 29.3 Å². The Morgan fingerprint density at radius 1 is 1.14 bits per heavy atom. The highest BCUT2D eigenvalue weighted by Crippen LogP contribution is 2.31. The van der Waals surface area contributed by atoms with Crippen molar-refractivity contribution in [1.82, 2.24) is 28.7 Å². The van der Waals surface area contributed by atoms with Crippen molar-refractivity contribution in [3.8, 4) is 0 Å². The average Bonchev–Trinajstić information content (AvgIpc) is 3.58. The van der Waals surface area contributed by atoms with Crippen molar-refractivity contribution >= 4 is 55.7 Å². The van der Waals surface area contributed by atoms with Crippen molar-refractivity contribution in [3.63, 3.8) is 0 Å². The minimum absolute atomic E-state index is 0.00550. The Morgan fingerprint density at radius 2 is 1.93 bits per heavy atom. The summed E-state index contributed by atoms with van der Waals surface area (Å²) in [6.07, 6.45) is 0.772. The maximum atomic E-state index is 14.0. The number of sulfonamides is 1. The van der Waals surface area contributed by atoms with E-state index in [1.807, 2.05) is 7.05 Å². The first-order valence-electron chi connectivity index (χ1n) is 13.8. The maximum Gasteiger partial charge on any atom is 0.283 e. The number of fused-ring (bicyclic) bond motifs is 2. The van der Waals surface area contributed by atoms with Crippen molar-refractivity contribution < 1.29 is 27.6 Å². The zero-order chi connectivity index (χ0) is 29.6. The highest BCUT2D eigenvalue weighted by Gasteiger charge is 2.41. The quantitative estimate of drug-likeness (QED) is 0.400. The third-order valence-electron chi connectivity index (χ3n) is 8.06. The Labute approximate surface area is 253 Å². The predicted octanol–water partition coefficient (Wildman–Crippen LogP) is 1.56. The van der Waals surface area contributed by atoms with Crippen LogP contribution in [0.5, 0.6) is 0 Å². The van der Waals surface area contributed by atoms with E-state index in [-0.39, 0.29) is 42.9 Å². The molecular weight excluding hydrogens is 604 g/mol. The molecule has 1 unspecified atom stereocenters. The van der Waals surface area contributed by atoms with E-state index in [1.165, 1.54) is 27.5 Å². The molecule has 42 heavy (non-hydrogen) atoms. The van der Waals surface area contributed by atoms with Gasteiger partial charge in [0, 0.05) is 73.9 Å². The minimum Gasteiger partial charge on any atom is -0.416 e. The molecule has 0 bridgehead atoms. The van der Waals surface area contributed by atoms with Gasteiger partial charge in [-0.3, -0.25) is 9.59 Å². The minimum atomic E-state index is -4.07. The third kappa shape index (κ3) is 5.51. The van der Waals surface area contributed by atoms with Gasteiger partial charge in [0.25, 0.3) is 15.9 Å². The van der Waals surface area contributed by atoms with Crippen LogP contribution < -0.4 is 4.84 Å². The molecule has 0 N–H and O–H groups in total. The summed E-state index contributed by atoms with van der Waals surface area (Å²) in [5.74, 6) is -0.407. The summed E-state index contributed by atoms with van der Waals surface area (Å²) >= 11 is 7.55. The smallest absolute Gasteiger partial charge is 0.283 e. The topological polar surface area (TPSA) is 118 Å². The van der Waals surface area contributed by atoms with Gasteiger partial charge in [-0.25, -0.2) is 13.4 Å². The molecule has 0 spiro atoms. The molecule has 2 fully saturated rings. The van der Waals surface area contributed by atoms with Gasteiger partial charge in [-0.15, -0.1) is 11.3 Å². The fraction of sp³-hybridized carbons (Fsp3) is 0.519. The van der Waals surface area contributed by atoms with Crippen molar-refractivity contribution in [2.45, 2.75) is 30.5 Å². The summed E-state index contributed by atoms with van der Waals surface area (Å²) in [7, 11) is -0.638. The van der Waals surface area contributed by atoms with Gasteiger partial charge in [-0.05, 0) is 25.2 Å². The number of morpholine rings is 1. The van der Waals surface area contributed by atoms with Crippen LogP contribution in [0.2, 0.25) is 5.02 Å². The molecule has 2 amide bonds. The first-order valence-corrected chi connectivity index (χ1v) is 16.5. The second kappa shape index (κ2) is 11.7. The number of piperazine rings is 1. The summed E-state index contributed by atoms with van der Waals surface area (Å²) in [4.78, 5) is 43.9. The number of ether oxygens (including phenoxy) is 1. The second-order valence-corrected chi connectivity index (χ2v) is 14.2. The standard InChI is InChI=1S/C27H33ClN6O6S2/c1-30-6-5-21-23(17-30)41-26(29-21)27(36)33-8-7-32(16-20(33)15-24(35)31-9-11-40-12-10-31)42(37,38)25-13-18-3-4-19(28)14-22(18)34(25)39-2/h3-4,13-14,20H,5-12,15-17H2,1-2H3. The summed E-state index contributed by atoms with van der Waals surface area (Å²) in [5, 5.41) is 1.45. The molecule has 6 rings (SSSR count). The van der Waals surface area contributed by atoms with Crippen LogP contribution in [0.4, 0.5) is 0 Å². The number of likely N-dealkylation sites (N-methyl/N-ethyl adjacent to an activating group) is 1. The third-order valence-corrected chi connectivity index (χ3v) is 11.2. The van der Waals surface area contributed by atoms with Gasteiger partial charge in [-0.1, -0.05) is 17.7 Å². The van der Waals surface area contributed by atoms with E-state index in [0.717, 1.165) is 30.1 Å². The van der Waals surface area contributed by atoms with Crippen molar-refractivity contribution in [2.24, 2.45) is 0 Å². The van der Waals surface area contributed by atoms with E-state index >= 15 is 0 Å². The first kappa shape index (κ1) is 29.3. The molecular formula is C27H33ClN6O6S2.